The number of thiazole rings is 1. The first kappa shape index (κ1) is 16.8. The van der Waals surface area contributed by atoms with Gasteiger partial charge in [0.25, 0.3) is 5.91 Å². The van der Waals surface area contributed by atoms with Gasteiger partial charge < -0.3 is 10.6 Å². The first-order valence-electron chi connectivity index (χ1n) is 7.06. The number of anilines is 2. The Morgan fingerprint density at radius 1 is 1.08 bits per heavy atom. The minimum absolute atomic E-state index is 0.265. The third kappa shape index (κ3) is 3.87. The molecule has 0 bridgehead atoms. The number of amides is 1. The quantitative estimate of drug-likeness (QED) is 0.638. The van der Waals surface area contributed by atoms with Crippen LogP contribution < -0.4 is 10.6 Å². The van der Waals surface area contributed by atoms with Gasteiger partial charge >= 0.3 is 0 Å². The number of benzene rings is 2. The first-order chi connectivity index (χ1) is 11.5. The molecule has 0 atom stereocenters. The summed E-state index contributed by atoms with van der Waals surface area (Å²) in [6, 6.07) is 12.2. The molecule has 122 valence electrons. The fourth-order valence-electron chi connectivity index (χ4n) is 2.13. The lowest BCUT2D eigenvalue weighted by Crippen LogP contribution is -2.11. The molecule has 0 saturated carbocycles. The molecule has 3 aromatic rings. The Morgan fingerprint density at radius 2 is 1.75 bits per heavy atom. The van der Waals surface area contributed by atoms with Gasteiger partial charge in [0.1, 0.15) is 0 Å². The molecule has 7 heteroatoms. The topological polar surface area (TPSA) is 54.0 Å². The van der Waals surface area contributed by atoms with E-state index in [2.05, 4.69) is 15.6 Å². The van der Waals surface area contributed by atoms with Gasteiger partial charge in [0.05, 0.1) is 5.69 Å². The van der Waals surface area contributed by atoms with E-state index in [1.54, 1.807) is 29.5 Å². The van der Waals surface area contributed by atoms with Crippen LogP contribution in [0.25, 0.3) is 11.3 Å². The van der Waals surface area contributed by atoms with Gasteiger partial charge in [-0.2, -0.15) is 0 Å². The van der Waals surface area contributed by atoms with Crippen molar-refractivity contribution in [2.24, 2.45) is 0 Å². The van der Waals surface area contributed by atoms with Crippen molar-refractivity contribution in [3.8, 4) is 11.3 Å². The van der Waals surface area contributed by atoms with Crippen molar-refractivity contribution in [2.45, 2.75) is 0 Å². The summed E-state index contributed by atoms with van der Waals surface area (Å²) in [6.45, 7) is 0. The molecule has 24 heavy (non-hydrogen) atoms. The first-order valence-corrected chi connectivity index (χ1v) is 8.70. The highest BCUT2D eigenvalue weighted by atomic mass is 35.5. The highest BCUT2D eigenvalue weighted by Crippen LogP contribution is 2.26. The standard InChI is InChI=1S/C17H13Cl2N3OS/c1-20-17-22-15(9-24-17)10-2-4-14(5-3-10)21-16(23)11-6-12(18)8-13(19)7-11/h2-9H,1H3,(H,20,22)(H,21,23). The van der Waals surface area contributed by atoms with Gasteiger partial charge in [-0.15, -0.1) is 11.3 Å². The predicted molar refractivity (Wildman–Crippen MR) is 102 cm³/mol. The minimum Gasteiger partial charge on any atom is -0.365 e. The number of hydrogen-bond donors (Lipinski definition) is 2. The van der Waals surface area contributed by atoms with Crippen LogP contribution in [0.2, 0.25) is 10.0 Å². The summed E-state index contributed by atoms with van der Waals surface area (Å²) in [4.78, 5) is 16.7. The zero-order valence-electron chi connectivity index (χ0n) is 12.6. The average molecular weight is 378 g/mol. The number of halogens is 2. The van der Waals surface area contributed by atoms with E-state index in [0.29, 0.717) is 21.3 Å². The summed E-state index contributed by atoms with van der Waals surface area (Å²) < 4.78 is 0. The molecule has 2 N–H and O–H groups in total. The molecule has 1 aromatic heterocycles. The van der Waals surface area contributed by atoms with Gasteiger partial charge in [-0.05, 0) is 30.3 Å². The monoisotopic (exact) mass is 377 g/mol. The fraction of sp³-hybridized carbons (Fsp3) is 0.0588. The second kappa shape index (κ2) is 7.21. The van der Waals surface area contributed by atoms with Crippen LogP contribution in [0.1, 0.15) is 10.4 Å². The zero-order chi connectivity index (χ0) is 17.1. The van der Waals surface area contributed by atoms with Crippen LogP contribution in [0.5, 0.6) is 0 Å². The summed E-state index contributed by atoms with van der Waals surface area (Å²) in [6.07, 6.45) is 0. The fourth-order valence-corrected chi connectivity index (χ4v) is 3.34. The Balaban J connectivity index is 1.75. The van der Waals surface area contributed by atoms with Gasteiger partial charge in [-0.25, -0.2) is 4.98 Å². The van der Waals surface area contributed by atoms with Crippen molar-refractivity contribution in [1.82, 2.24) is 4.98 Å². The maximum atomic E-state index is 12.3. The summed E-state index contributed by atoms with van der Waals surface area (Å²) in [7, 11) is 1.84. The van der Waals surface area contributed by atoms with Gasteiger partial charge in [0.15, 0.2) is 5.13 Å². The molecular weight excluding hydrogens is 365 g/mol. The van der Waals surface area contributed by atoms with Crippen LogP contribution in [0, 0.1) is 0 Å². The Kier molecular flexibility index (Phi) is 5.04. The SMILES string of the molecule is CNc1nc(-c2ccc(NC(=O)c3cc(Cl)cc(Cl)c3)cc2)cs1. The number of nitrogens with one attached hydrogen (secondary N) is 2. The molecule has 0 aliphatic carbocycles. The van der Waals surface area contributed by atoms with E-state index in [-0.39, 0.29) is 5.91 Å². The molecule has 0 saturated heterocycles. The molecule has 1 heterocycles. The van der Waals surface area contributed by atoms with E-state index >= 15 is 0 Å². The van der Waals surface area contributed by atoms with E-state index in [0.717, 1.165) is 16.4 Å². The number of nitrogens with zero attached hydrogens (tertiary/aromatic N) is 1. The summed E-state index contributed by atoms with van der Waals surface area (Å²) in [5.41, 5.74) is 2.97. The van der Waals surface area contributed by atoms with Gasteiger partial charge in [-0.1, -0.05) is 35.3 Å². The predicted octanol–water partition coefficient (Wildman–Crippen LogP) is 5.41. The van der Waals surface area contributed by atoms with Crippen LogP contribution in [0.3, 0.4) is 0 Å². The van der Waals surface area contributed by atoms with Crippen molar-refractivity contribution in [2.75, 3.05) is 17.7 Å². The Morgan fingerprint density at radius 3 is 2.33 bits per heavy atom. The number of rotatable bonds is 4. The van der Waals surface area contributed by atoms with Crippen molar-refractivity contribution in [3.63, 3.8) is 0 Å². The molecule has 1 amide bonds. The highest BCUT2D eigenvalue weighted by Gasteiger charge is 2.09. The van der Waals surface area contributed by atoms with E-state index in [1.165, 1.54) is 0 Å². The molecule has 0 fully saturated rings. The van der Waals surface area contributed by atoms with Crippen molar-refractivity contribution < 1.29 is 4.79 Å². The van der Waals surface area contributed by atoms with Crippen LogP contribution in [-0.4, -0.2) is 17.9 Å². The summed E-state index contributed by atoms with van der Waals surface area (Å²) >= 11 is 13.4. The van der Waals surface area contributed by atoms with E-state index in [4.69, 9.17) is 23.2 Å². The number of hydrogen-bond acceptors (Lipinski definition) is 4. The average Bonchev–Trinajstić information content (AvgIpc) is 3.03. The third-order valence-electron chi connectivity index (χ3n) is 3.28. The zero-order valence-corrected chi connectivity index (χ0v) is 15.0. The second-order valence-electron chi connectivity index (χ2n) is 4.98. The number of carbonyl (C=O) groups excluding carboxylic acids is 1. The van der Waals surface area contributed by atoms with Crippen LogP contribution >= 0.6 is 34.5 Å². The molecule has 0 aliphatic heterocycles. The Bertz CT molecular complexity index is 858. The lowest BCUT2D eigenvalue weighted by Gasteiger charge is -2.07. The largest absolute Gasteiger partial charge is 0.365 e. The van der Waals surface area contributed by atoms with Crippen LogP contribution in [0.4, 0.5) is 10.8 Å². The smallest absolute Gasteiger partial charge is 0.255 e. The van der Waals surface area contributed by atoms with E-state index in [9.17, 15) is 4.79 Å². The minimum atomic E-state index is -0.265. The maximum Gasteiger partial charge on any atom is 0.255 e. The molecule has 3 rings (SSSR count). The van der Waals surface area contributed by atoms with Gasteiger partial charge in [0, 0.05) is 39.3 Å². The van der Waals surface area contributed by atoms with Gasteiger partial charge in [0.2, 0.25) is 0 Å². The second-order valence-corrected chi connectivity index (χ2v) is 6.71. The Hall–Kier alpha value is -2.08. The van der Waals surface area contributed by atoms with E-state index < -0.39 is 0 Å². The molecule has 0 spiro atoms. The van der Waals surface area contributed by atoms with Crippen molar-refractivity contribution in [3.05, 3.63) is 63.5 Å². The highest BCUT2D eigenvalue weighted by molar-refractivity contribution is 7.14. The maximum absolute atomic E-state index is 12.3. The van der Waals surface area contributed by atoms with E-state index in [1.807, 2.05) is 36.7 Å². The lowest BCUT2D eigenvalue weighted by molar-refractivity contribution is 0.102. The normalized spacial score (nSPS) is 10.5. The van der Waals surface area contributed by atoms with Crippen molar-refractivity contribution in [1.29, 1.82) is 0 Å². The molecule has 0 radical (unpaired) electrons. The molecule has 0 aliphatic rings. The molecule has 4 nitrogen and oxygen atoms in total. The van der Waals surface area contributed by atoms with Crippen molar-refractivity contribution >= 4 is 51.3 Å². The number of aromatic nitrogens is 1. The molecular formula is C17H13Cl2N3OS. The molecule has 2 aromatic carbocycles. The van der Waals surface area contributed by atoms with Gasteiger partial charge in [-0.3, -0.25) is 4.79 Å². The van der Waals surface area contributed by atoms with Crippen LogP contribution in [0.15, 0.2) is 47.8 Å². The summed E-state index contributed by atoms with van der Waals surface area (Å²) in [5.74, 6) is -0.265. The molecule has 0 unspecified atom stereocenters. The lowest BCUT2D eigenvalue weighted by atomic mass is 10.1. The summed E-state index contributed by atoms with van der Waals surface area (Å²) in [5, 5.41) is 9.52. The van der Waals surface area contributed by atoms with Crippen LogP contribution in [-0.2, 0) is 0 Å². The Labute approximate surface area is 153 Å². The third-order valence-corrected chi connectivity index (χ3v) is 4.58. The number of carbonyl (C=O) groups is 1.